The summed E-state index contributed by atoms with van der Waals surface area (Å²) in [5, 5.41) is 2.71. The predicted octanol–water partition coefficient (Wildman–Crippen LogP) is 3.64. The van der Waals surface area contributed by atoms with Crippen LogP contribution in [0.5, 0.6) is 5.75 Å². The molecular weight excluding hydrogens is 425 g/mol. The molecule has 2 aliphatic heterocycles. The fourth-order valence-electron chi connectivity index (χ4n) is 3.84. The Labute approximate surface area is 184 Å². The van der Waals surface area contributed by atoms with Crippen LogP contribution >= 0.6 is 0 Å². The van der Waals surface area contributed by atoms with E-state index < -0.39 is 6.36 Å². The van der Waals surface area contributed by atoms with Gasteiger partial charge in [0.25, 0.3) is 0 Å². The number of benzene rings is 1. The van der Waals surface area contributed by atoms with Gasteiger partial charge in [0, 0.05) is 56.7 Å². The minimum absolute atomic E-state index is 0.308. The molecule has 3 heterocycles. The van der Waals surface area contributed by atoms with E-state index in [4.69, 9.17) is 4.98 Å². The highest BCUT2D eigenvalue weighted by Crippen LogP contribution is 2.25. The summed E-state index contributed by atoms with van der Waals surface area (Å²) < 4.78 is 40.6. The number of nitrogens with one attached hydrogen (secondary N) is 1. The van der Waals surface area contributed by atoms with Crippen LogP contribution in [0.4, 0.5) is 35.4 Å². The fourth-order valence-corrected chi connectivity index (χ4v) is 3.84. The third-order valence-electron chi connectivity index (χ3n) is 5.45. The third kappa shape index (κ3) is 5.51. The highest BCUT2D eigenvalue weighted by Gasteiger charge is 2.31. The highest BCUT2D eigenvalue weighted by atomic mass is 19.4. The molecule has 4 rings (SSSR count). The number of piperazine rings is 1. The zero-order valence-electron chi connectivity index (χ0n) is 17.7. The van der Waals surface area contributed by atoms with E-state index >= 15 is 0 Å². The van der Waals surface area contributed by atoms with Crippen LogP contribution in [0.2, 0.25) is 0 Å². The van der Waals surface area contributed by atoms with Crippen molar-refractivity contribution >= 4 is 23.5 Å². The Morgan fingerprint density at radius 3 is 2.25 bits per heavy atom. The van der Waals surface area contributed by atoms with Gasteiger partial charge in [-0.15, -0.1) is 13.2 Å². The first-order valence-corrected chi connectivity index (χ1v) is 10.5. The Kier molecular flexibility index (Phi) is 6.24. The molecule has 1 N–H and O–H groups in total. The second-order valence-corrected chi connectivity index (χ2v) is 7.84. The summed E-state index contributed by atoms with van der Waals surface area (Å²) in [5.41, 5.74) is 1.30. The van der Waals surface area contributed by atoms with Crippen LogP contribution in [-0.4, -0.2) is 66.5 Å². The van der Waals surface area contributed by atoms with Crippen LogP contribution in [0, 0.1) is 6.92 Å². The molecule has 0 aliphatic carbocycles. The molecule has 0 atom stereocenters. The average molecular weight is 450 g/mol. The van der Waals surface area contributed by atoms with Gasteiger partial charge in [-0.2, -0.15) is 4.98 Å². The molecule has 2 aliphatic rings. The Bertz CT molecular complexity index is 940. The molecule has 0 bridgehead atoms. The van der Waals surface area contributed by atoms with Crippen molar-refractivity contribution in [3.05, 3.63) is 36.0 Å². The van der Waals surface area contributed by atoms with E-state index in [0.29, 0.717) is 37.8 Å². The van der Waals surface area contributed by atoms with Gasteiger partial charge in [-0.05, 0) is 44.0 Å². The molecule has 11 heteroatoms. The van der Waals surface area contributed by atoms with Crippen LogP contribution in [0.1, 0.15) is 18.5 Å². The molecule has 0 radical (unpaired) electrons. The number of carbonyl (C=O) groups excluding carboxylic acids is 1. The SMILES string of the molecule is Cc1cc(N2CCCC2)nc(N2CCN(C(=O)Nc3ccc(OC(F)(F)F)cc3)CC2)n1. The number of anilines is 3. The monoisotopic (exact) mass is 450 g/mol. The first-order chi connectivity index (χ1) is 15.3. The molecule has 2 amide bonds. The number of hydrogen-bond acceptors (Lipinski definition) is 6. The van der Waals surface area contributed by atoms with Gasteiger partial charge in [-0.25, -0.2) is 9.78 Å². The first-order valence-electron chi connectivity index (χ1n) is 10.5. The lowest BCUT2D eigenvalue weighted by molar-refractivity contribution is -0.274. The number of aromatic nitrogens is 2. The van der Waals surface area contributed by atoms with Crippen molar-refractivity contribution in [3.63, 3.8) is 0 Å². The quantitative estimate of drug-likeness (QED) is 0.767. The number of carbonyl (C=O) groups is 1. The van der Waals surface area contributed by atoms with Crippen molar-refractivity contribution in [2.45, 2.75) is 26.1 Å². The molecule has 2 aromatic rings. The first kappa shape index (κ1) is 22.0. The van der Waals surface area contributed by atoms with Crippen LogP contribution in [0.3, 0.4) is 0 Å². The van der Waals surface area contributed by atoms with Crippen LogP contribution in [0.15, 0.2) is 30.3 Å². The number of alkyl halides is 3. The van der Waals surface area contributed by atoms with Gasteiger partial charge in [0.1, 0.15) is 11.6 Å². The van der Waals surface area contributed by atoms with Crippen LogP contribution in [-0.2, 0) is 0 Å². The average Bonchev–Trinajstić information content (AvgIpc) is 3.29. The van der Waals surface area contributed by atoms with Crippen LogP contribution in [0.25, 0.3) is 0 Å². The molecule has 2 saturated heterocycles. The summed E-state index contributed by atoms with van der Waals surface area (Å²) in [6.45, 7) is 6.12. The minimum atomic E-state index is -4.75. The zero-order chi connectivity index (χ0) is 22.7. The van der Waals surface area contributed by atoms with E-state index in [-0.39, 0.29) is 11.8 Å². The summed E-state index contributed by atoms with van der Waals surface area (Å²) in [7, 11) is 0. The van der Waals surface area contributed by atoms with Gasteiger partial charge in [0.05, 0.1) is 0 Å². The lowest BCUT2D eigenvalue weighted by Crippen LogP contribution is -2.50. The van der Waals surface area contributed by atoms with Crippen molar-refractivity contribution in [1.29, 1.82) is 0 Å². The molecule has 1 aromatic heterocycles. The number of amides is 2. The number of hydrogen-bond donors (Lipinski definition) is 1. The Balaban J connectivity index is 1.32. The maximum absolute atomic E-state index is 12.6. The second kappa shape index (κ2) is 9.09. The van der Waals surface area contributed by atoms with Gasteiger partial charge in [0.15, 0.2) is 0 Å². The number of ether oxygens (including phenoxy) is 1. The number of halogens is 3. The molecule has 8 nitrogen and oxygen atoms in total. The Hall–Kier alpha value is -3.24. The van der Waals surface area contributed by atoms with Gasteiger partial charge in [0.2, 0.25) is 5.95 Å². The van der Waals surface area contributed by atoms with E-state index in [9.17, 15) is 18.0 Å². The Morgan fingerprint density at radius 2 is 1.62 bits per heavy atom. The van der Waals surface area contributed by atoms with Gasteiger partial charge in [-0.1, -0.05) is 0 Å². The van der Waals surface area contributed by atoms with Crippen LogP contribution < -0.4 is 19.9 Å². The molecule has 2 fully saturated rings. The fraction of sp³-hybridized carbons (Fsp3) is 0.476. The number of rotatable bonds is 4. The van der Waals surface area contributed by atoms with Crippen molar-refractivity contribution in [3.8, 4) is 5.75 Å². The topological polar surface area (TPSA) is 73.8 Å². The molecule has 32 heavy (non-hydrogen) atoms. The second-order valence-electron chi connectivity index (χ2n) is 7.84. The lowest BCUT2D eigenvalue weighted by Gasteiger charge is -2.35. The largest absolute Gasteiger partial charge is 0.573 e. The summed E-state index contributed by atoms with van der Waals surface area (Å²) in [5.74, 6) is 1.28. The molecule has 1 aromatic carbocycles. The summed E-state index contributed by atoms with van der Waals surface area (Å²) in [6.07, 6.45) is -2.41. The smallest absolute Gasteiger partial charge is 0.406 e. The normalized spacial score (nSPS) is 16.9. The zero-order valence-corrected chi connectivity index (χ0v) is 17.7. The minimum Gasteiger partial charge on any atom is -0.406 e. The number of urea groups is 1. The van der Waals surface area contributed by atoms with E-state index in [1.165, 1.54) is 25.0 Å². The van der Waals surface area contributed by atoms with Crippen molar-refractivity contribution in [2.24, 2.45) is 0 Å². The molecule has 0 saturated carbocycles. The lowest BCUT2D eigenvalue weighted by atomic mass is 10.3. The third-order valence-corrected chi connectivity index (χ3v) is 5.45. The van der Waals surface area contributed by atoms with E-state index in [1.807, 2.05) is 13.0 Å². The maximum atomic E-state index is 12.6. The van der Waals surface area contributed by atoms with Crippen molar-refractivity contribution < 1.29 is 22.7 Å². The van der Waals surface area contributed by atoms with Crippen molar-refractivity contribution in [1.82, 2.24) is 14.9 Å². The summed E-state index contributed by atoms with van der Waals surface area (Å²) in [6, 6.07) is 6.76. The van der Waals surface area contributed by atoms with Gasteiger partial charge >= 0.3 is 12.4 Å². The van der Waals surface area contributed by atoms with Gasteiger partial charge < -0.3 is 24.8 Å². The molecule has 0 unspecified atom stereocenters. The Morgan fingerprint density at radius 1 is 0.969 bits per heavy atom. The maximum Gasteiger partial charge on any atom is 0.573 e. The highest BCUT2D eigenvalue weighted by molar-refractivity contribution is 5.89. The number of nitrogens with zero attached hydrogens (tertiary/aromatic N) is 5. The van der Waals surface area contributed by atoms with Crippen molar-refractivity contribution in [2.75, 3.05) is 54.4 Å². The molecule has 172 valence electrons. The summed E-state index contributed by atoms with van der Waals surface area (Å²) >= 11 is 0. The predicted molar refractivity (Wildman–Crippen MR) is 114 cm³/mol. The number of aryl methyl sites for hydroxylation is 1. The van der Waals surface area contributed by atoms with E-state index in [0.717, 1.165) is 36.7 Å². The molecule has 0 spiro atoms. The summed E-state index contributed by atoms with van der Waals surface area (Å²) in [4.78, 5) is 27.9. The standard InChI is InChI=1S/C21H25F3N6O2/c1-15-14-18(28-8-2-3-9-28)27-19(25-15)29-10-12-30(13-11-29)20(31)26-16-4-6-17(7-5-16)32-21(22,23)24/h4-7,14H,2-3,8-13H2,1H3,(H,26,31). The molecular formula is C21H25F3N6O2. The van der Waals surface area contributed by atoms with E-state index in [1.54, 1.807) is 4.90 Å². The van der Waals surface area contributed by atoms with E-state index in [2.05, 4.69) is 24.8 Å². The van der Waals surface area contributed by atoms with Gasteiger partial charge in [-0.3, -0.25) is 0 Å².